The Labute approximate surface area is 81.5 Å². The van der Waals surface area contributed by atoms with Gasteiger partial charge in [-0.2, -0.15) is 0 Å². The molecule has 6 heteroatoms. The Hall–Kier alpha value is -1.27. The Morgan fingerprint density at radius 2 is 1.86 bits per heavy atom. The molecular formula is C8H9NO4S. The Kier molecular flexibility index (Phi) is 1.90. The molecule has 0 amide bonds. The molecule has 1 heterocycles. The Morgan fingerprint density at radius 3 is 2.43 bits per heavy atom. The topological polar surface area (TPSA) is 78.6 Å². The van der Waals surface area contributed by atoms with Gasteiger partial charge in [-0.1, -0.05) is 0 Å². The second kappa shape index (κ2) is 2.86. The highest BCUT2D eigenvalue weighted by molar-refractivity contribution is 7.89. The van der Waals surface area contributed by atoms with Gasteiger partial charge in [-0.05, 0) is 18.6 Å². The van der Waals surface area contributed by atoms with Gasteiger partial charge in [0.1, 0.15) is 0 Å². The van der Waals surface area contributed by atoms with Crippen LogP contribution in [0.5, 0.6) is 11.5 Å². The minimum atomic E-state index is -3.69. The van der Waals surface area contributed by atoms with Crippen molar-refractivity contribution < 1.29 is 17.9 Å². The SMILES string of the molecule is Cc1cc2c(cc1S(N)(=O)=O)OCO2. The van der Waals surface area contributed by atoms with E-state index in [1.54, 1.807) is 13.0 Å². The maximum absolute atomic E-state index is 11.1. The normalized spacial score (nSPS) is 14.4. The third-order valence-electron chi connectivity index (χ3n) is 1.98. The average molecular weight is 215 g/mol. The molecule has 2 N–H and O–H groups in total. The second-order valence-electron chi connectivity index (χ2n) is 3.02. The van der Waals surface area contributed by atoms with Crippen LogP contribution in [0.15, 0.2) is 17.0 Å². The van der Waals surface area contributed by atoms with E-state index in [4.69, 9.17) is 14.6 Å². The number of rotatable bonds is 1. The predicted molar refractivity (Wildman–Crippen MR) is 48.7 cm³/mol. The van der Waals surface area contributed by atoms with E-state index in [1.165, 1.54) is 6.07 Å². The first kappa shape index (κ1) is 9.29. The molecule has 76 valence electrons. The molecule has 1 aromatic rings. The zero-order valence-corrected chi connectivity index (χ0v) is 8.30. The Balaban J connectivity index is 2.65. The van der Waals surface area contributed by atoms with Crippen molar-refractivity contribution in [3.8, 4) is 11.5 Å². The molecule has 1 aliphatic heterocycles. The lowest BCUT2D eigenvalue weighted by atomic mass is 10.2. The Morgan fingerprint density at radius 1 is 1.29 bits per heavy atom. The van der Waals surface area contributed by atoms with E-state index in [9.17, 15) is 8.42 Å². The minimum Gasteiger partial charge on any atom is -0.454 e. The van der Waals surface area contributed by atoms with Crippen LogP contribution in [0.25, 0.3) is 0 Å². The Bertz CT molecular complexity index is 480. The molecule has 0 saturated heterocycles. The lowest BCUT2D eigenvalue weighted by Crippen LogP contribution is -2.13. The molecule has 0 spiro atoms. The second-order valence-corrected chi connectivity index (χ2v) is 4.55. The number of ether oxygens (including phenoxy) is 2. The number of nitrogens with two attached hydrogens (primary N) is 1. The molecule has 2 rings (SSSR count). The van der Waals surface area contributed by atoms with Crippen LogP contribution in [-0.4, -0.2) is 15.2 Å². The molecule has 14 heavy (non-hydrogen) atoms. The summed E-state index contributed by atoms with van der Waals surface area (Å²) >= 11 is 0. The molecule has 0 unspecified atom stereocenters. The van der Waals surface area contributed by atoms with Crippen LogP contribution in [0.2, 0.25) is 0 Å². The van der Waals surface area contributed by atoms with Crippen molar-refractivity contribution in [2.45, 2.75) is 11.8 Å². The number of aryl methyl sites for hydroxylation is 1. The predicted octanol–water partition coefficient (Wildman–Crippen LogP) is 0.371. The summed E-state index contributed by atoms with van der Waals surface area (Å²) in [6.07, 6.45) is 0. The third kappa shape index (κ3) is 1.42. The van der Waals surface area contributed by atoms with Crippen molar-refractivity contribution in [1.82, 2.24) is 0 Å². The van der Waals surface area contributed by atoms with Gasteiger partial charge >= 0.3 is 0 Å². The summed E-state index contributed by atoms with van der Waals surface area (Å²) in [7, 11) is -3.69. The highest BCUT2D eigenvalue weighted by Gasteiger charge is 2.20. The number of fused-ring (bicyclic) bond motifs is 1. The van der Waals surface area contributed by atoms with E-state index in [-0.39, 0.29) is 11.7 Å². The standard InChI is InChI=1S/C8H9NO4S/c1-5-2-6-7(13-4-12-6)3-8(5)14(9,10)11/h2-3H,4H2,1H3,(H2,9,10,11). The van der Waals surface area contributed by atoms with E-state index in [2.05, 4.69) is 0 Å². The van der Waals surface area contributed by atoms with Gasteiger partial charge in [-0.3, -0.25) is 0 Å². The quantitative estimate of drug-likeness (QED) is 0.734. The van der Waals surface area contributed by atoms with Crippen molar-refractivity contribution in [1.29, 1.82) is 0 Å². The third-order valence-corrected chi connectivity index (χ3v) is 3.03. The van der Waals surface area contributed by atoms with Crippen molar-refractivity contribution in [3.63, 3.8) is 0 Å². The van der Waals surface area contributed by atoms with Gasteiger partial charge in [0.2, 0.25) is 16.8 Å². The number of primary sulfonamides is 1. The monoisotopic (exact) mass is 215 g/mol. The van der Waals surface area contributed by atoms with Gasteiger partial charge in [0.05, 0.1) is 4.90 Å². The highest BCUT2D eigenvalue weighted by Crippen LogP contribution is 2.35. The van der Waals surface area contributed by atoms with Gasteiger partial charge in [-0.25, -0.2) is 13.6 Å². The molecular weight excluding hydrogens is 206 g/mol. The first-order valence-corrected chi connectivity index (χ1v) is 5.46. The highest BCUT2D eigenvalue weighted by atomic mass is 32.2. The van der Waals surface area contributed by atoms with Crippen molar-refractivity contribution in [2.24, 2.45) is 5.14 Å². The zero-order valence-electron chi connectivity index (χ0n) is 7.48. The largest absolute Gasteiger partial charge is 0.454 e. The molecule has 5 nitrogen and oxygen atoms in total. The van der Waals surface area contributed by atoms with E-state index in [1.807, 2.05) is 0 Å². The van der Waals surface area contributed by atoms with Crippen molar-refractivity contribution in [3.05, 3.63) is 17.7 Å². The summed E-state index contributed by atoms with van der Waals surface area (Å²) in [5.74, 6) is 0.967. The fourth-order valence-corrected chi connectivity index (χ4v) is 2.11. The van der Waals surface area contributed by atoms with Crippen LogP contribution >= 0.6 is 0 Å². The molecule has 0 radical (unpaired) electrons. The van der Waals surface area contributed by atoms with Crippen LogP contribution in [0.4, 0.5) is 0 Å². The summed E-state index contributed by atoms with van der Waals surface area (Å²) in [6.45, 7) is 1.77. The molecule has 0 aromatic heterocycles. The van der Waals surface area contributed by atoms with Crippen LogP contribution < -0.4 is 14.6 Å². The number of hydrogen-bond acceptors (Lipinski definition) is 4. The molecule has 0 fully saturated rings. The van der Waals surface area contributed by atoms with Crippen LogP contribution in [-0.2, 0) is 10.0 Å². The molecule has 0 bridgehead atoms. The average Bonchev–Trinajstić information content (AvgIpc) is 2.47. The van der Waals surface area contributed by atoms with Crippen molar-refractivity contribution >= 4 is 10.0 Å². The zero-order chi connectivity index (χ0) is 10.3. The summed E-state index contributed by atoms with van der Waals surface area (Å²) in [5.41, 5.74) is 0.553. The minimum absolute atomic E-state index is 0.0711. The lowest BCUT2D eigenvalue weighted by Gasteiger charge is -2.04. The van der Waals surface area contributed by atoms with Gasteiger partial charge in [0.25, 0.3) is 0 Å². The summed E-state index contributed by atoms with van der Waals surface area (Å²) in [5, 5.41) is 5.03. The van der Waals surface area contributed by atoms with E-state index in [0.29, 0.717) is 17.1 Å². The summed E-state index contributed by atoms with van der Waals surface area (Å²) in [6, 6.07) is 2.98. The van der Waals surface area contributed by atoms with Crippen LogP contribution in [0.1, 0.15) is 5.56 Å². The number of sulfonamides is 1. The first-order chi connectivity index (χ1) is 6.48. The molecule has 0 atom stereocenters. The van der Waals surface area contributed by atoms with Gasteiger partial charge < -0.3 is 9.47 Å². The fraction of sp³-hybridized carbons (Fsp3) is 0.250. The van der Waals surface area contributed by atoms with E-state index in [0.717, 1.165) is 0 Å². The maximum Gasteiger partial charge on any atom is 0.238 e. The summed E-state index contributed by atoms with van der Waals surface area (Å²) in [4.78, 5) is 0.0711. The van der Waals surface area contributed by atoms with Crippen molar-refractivity contribution in [2.75, 3.05) is 6.79 Å². The fourth-order valence-electron chi connectivity index (χ4n) is 1.33. The summed E-state index contributed by atoms with van der Waals surface area (Å²) < 4.78 is 32.4. The maximum atomic E-state index is 11.1. The molecule has 0 saturated carbocycles. The number of benzene rings is 1. The van der Waals surface area contributed by atoms with Crippen LogP contribution in [0, 0.1) is 6.92 Å². The number of hydrogen-bond donors (Lipinski definition) is 1. The van der Waals surface area contributed by atoms with E-state index >= 15 is 0 Å². The van der Waals surface area contributed by atoms with Gasteiger partial charge in [-0.15, -0.1) is 0 Å². The van der Waals surface area contributed by atoms with Gasteiger partial charge in [0.15, 0.2) is 11.5 Å². The van der Waals surface area contributed by atoms with Crippen LogP contribution in [0.3, 0.4) is 0 Å². The molecule has 0 aliphatic carbocycles. The lowest BCUT2D eigenvalue weighted by molar-refractivity contribution is 0.174. The first-order valence-electron chi connectivity index (χ1n) is 3.91. The molecule has 1 aliphatic rings. The molecule has 1 aromatic carbocycles. The smallest absolute Gasteiger partial charge is 0.238 e. The van der Waals surface area contributed by atoms with E-state index < -0.39 is 10.0 Å². The van der Waals surface area contributed by atoms with Gasteiger partial charge in [0, 0.05) is 6.07 Å².